The summed E-state index contributed by atoms with van der Waals surface area (Å²) in [5.74, 6) is 0.107. The maximum Gasteiger partial charge on any atom is 0.221 e. The molecule has 1 fully saturated rings. The average Bonchev–Trinajstić information content (AvgIpc) is 3.20. The molecule has 0 bridgehead atoms. The second-order valence-corrected chi connectivity index (χ2v) is 5.98. The van der Waals surface area contributed by atoms with Gasteiger partial charge in [-0.15, -0.1) is 0 Å². The molecule has 116 valence electrons. The van der Waals surface area contributed by atoms with Crippen LogP contribution >= 0.6 is 0 Å². The summed E-state index contributed by atoms with van der Waals surface area (Å²) in [5.41, 5.74) is 2.29. The van der Waals surface area contributed by atoms with Crippen molar-refractivity contribution in [1.29, 1.82) is 0 Å². The third-order valence-corrected chi connectivity index (χ3v) is 4.27. The zero-order chi connectivity index (χ0) is 14.7. The Balaban J connectivity index is 1.55. The Hall–Kier alpha value is -1.40. The van der Waals surface area contributed by atoms with Gasteiger partial charge in [-0.25, -0.2) is 0 Å². The summed E-state index contributed by atoms with van der Waals surface area (Å²) in [6.45, 7) is 1.39. The van der Waals surface area contributed by atoms with Gasteiger partial charge in [0.25, 0.3) is 0 Å². The van der Waals surface area contributed by atoms with Gasteiger partial charge in [-0.2, -0.15) is 5.10 Å². The number of amides is 1. The SMILES string of the molecule is O=C(CCNC1CC1)NC1CCCc2c1cnn2CCO. The average molecular weight is 292 g/mol. The first-order valence-corrected chi connectivity index (χ1v) is 7.96. The van der Waals surface area contributed by atoms with Crippen molar-refractivity contribution in [3.8, 4) is 0 Å². The van der Waals surface area contributed by atoms with Crippen molar-refractivity contribution in [2.45, 2.75) is 57.2 Å². The van der Waals surface area contributed by atoms with Crippen LogP contribution in [0.1, 0.15) is 49.4 Å². The van der Waals surface area contributed by atoms with Crippen LogP contribution in [0.15, 0.2) is 6.20 Å². The number of hydrogen-bond acceptors (Lipinski definition) is 4. The molecule has 0 aliphatic heterocycles. The highest BCUT2D eigenvalue weighted by Gasteiger charge is 2.25. The van der Waals surface area contributed by atoms with Gasteiger partial charge in [0.2, 0.25) is 5.91 Å². The van der Waals surface area contributed by atoms with Gasteiger partial charge in [0, 0.05) is 30.3 Å². The lowest BCUT2D eigenvalue weighted by Crippen LogP contribution is -2.33. The van der Waals surface area contributed by atoms with Crippen LogP contribution in [0.2, 0.25) is 0 Å². The predicted molar refractivity (Wildman–Crippen MR) is 78.8 cm³/mol. The van der Waals surface area contributed by atoms with E-state index in [0.29, 0.717) is 19.0 Å². The Morgan fingerprint density at radius 1 is 1.43 bits per heavy atom. The molecule has 0 saturated heterocycles. The molecule has 0 spiro atoms. The number of nitrogens with zero attached hydrogens (tertiary/aromatic N) is 2. The number of carbonyl (C=O) groups is 1. The van der Waals surface area contributed by atoms with Crippen LogP contribution < -0.4 is 10.6 Å². The summed E-state index contributed by atoms with van der Waals surface area (Å²) in [4.78, 5) is 12.0. The Kier molecular flexibility index (Phi) is 4.55. The third kappa shape index (κ3) is 3.63. The third-order valence-electron chi connectivity index (χ3n) is 4.27. The summed E-state index contributed by atoms with van der Waals surface area (Å²) in [7, 11) is 0. The number of rotatable bonds is 7. The van der Waals surface area contributed by atoms with E-state index in [1.165, 1.54) is 12.8 Å². The van der Waals surface area contributed by atoms with Crippen molar-refractivity contribution >= 4 is 5.91 Å². The molecule has 1 heterocycles. The van der Waals surface area contributed by atoms with E-state index in [2.05, 4.69) is 15.7 Å². The molecule has 3 rings (SSSR count). The number of aliphatic hydroxyl groups is 1. The van der Waals surface area contributed by atoms with Gasteiger partial charge in [-0.1, -0.05) is 0 Å². The Morgan fingerprint density at radius 2 is 2.29 bits per heavy atom. The molecular formula is C15H24N4O2. The molecule has 3 N–H and O–H groups in total. The normalized spacial score (nSPS) is 21.1. The molecule has 1 amide bonds. The fourth-order valence-electron chi connectivity index (χ4n) is 3.00. The fraction of sp³-hybridized carbons (Fsp3) is 0.733. The van der Waals surface area contributed by atoms with E-state index < -0.39 is 0 Å². The van der Waals surface area contributed by atoms with E-state index in [-0.39, 0.29) is 18.6 Å². The van der Waals surface area contributed by atoms with Gasteiger partial charge in [0.1, 0.15) is 0 Å². The molecular weight excluding hydrogens is 268 g/mol. The second-order valence-electron chi connectivity index (χ2n) is 5.98. The van der Waals surface area contributed by atoms with Crippen molar-refractivity contribution in [3.63, 3.8) is 0 Å². The molecule has 1 saturated carbocycles. The van der Waals surface area contributed by atoms with Crippen molar-refractivity contribution in [2.24, 2.45) is 0 Å². The molecule has 1 atom stereocenters. The standard InChI is InChI=1S/C15H24N4O2/c20-9-8-19-14-3-1-2-13(12(14)10-17-19)18-15(21)6-7-16-11-4-5-11/h10-11,13,16,20H,1-9H2,(H,18,21). The monoisotopic (exact) mass is 292 g/mol. The van der Waals surface area contributed by atoms with Crippen molar-refractivity contribution in [3.05, 3.63) is 17.5 Å². The van der Waals surface area contributed by atoms with Crippen molar-refractivity contribution in [2.75, 3.05) is 13.2 Å². The van der Waals surface area contributed by atoms with E-state index in [1.807, 2.05) is 10.9 Å². The lowest BCUT2D eigenvalue weighted by atomic mass is 9.93. The van der Waals surface area contributed by atoms with Gasteiger partial charge in [-0.3, -0.25) is 9.48 Å². The summed E-state index contributed by atoms with van der Waals surface area (Å²) in [6, 6.07) is 0.727. The minimum atomic E-state index is 0.0783. The maximum atomic E-state index is 12.0. The highest BCUT2D eigenvalue weighted by atomic mass is 16.3. The molecule has 21 heavy (non-hydrogen) atoms. The van der Waals surface area contributed by atoms with Gasteiger partial charge >= 0.3 is 0 Å². The van der Waals surface area contributed by atoms with E-state index in [4.69, 9.17) is 5.11 Å². The van der Waals surface area contributed by atoms with Gasteiger partial charge in [0.05, 0.1) is 25.4 Å². The first-order chi connectivity index (χ1) is 10.3. The molecule has 1 aromatic rings. The quantitative estimate of drug-likeness (QED) is 0.684. The summed E-state index contributed by atoms with van der Waals surface area (Å²) >= 11 is 0. The first-order valence-electron chi connectivity index (χ1n) is 7.96. The smallest absolute Gasteiger partial charge is 0.221 e. The second kappa shape index (κ2) is 6.58. The lowest BCUT2D eigenvalue weighted by Gasteiger charge is -2.24. The Bertz CT molecular complexity index is 496. The summed E-state index contributed by atoms with van der Waals surface area (Å²) in [5, 5.41) is 19.9. The van der Waals surface area contributed by atoms with E-state index >= 15 is 0 Å². The fourth-order valence-corrected chi connectivity index (χ4v) is 3.00. The van der Waals surface area contributed by atoms with E-state index in [1.54, 1.807) is 0 Å². The number of carbonyl (C=O) groups excluding carboxylic acids is 1. The molecule has 6 nitrogen and oxygen atoms in total. The molecule has 0 radical (unpaired) electrons. The molecule has 2 aliphatic rings. The number of fused-ring (bicyclic) bond motifs is 1. The first kappa shape index (κ1) is 14.5. The summed E-state index contributed by atoms with van der Waals surface area (Å²) < 4.78 is 1.86. The molecule has 6 heteroatoms. The highest BCUT2D eigenvalue weighted by Crippen LogP contribution is 2.29. The van der Waals surface area contributed by atoms with Gasteiger partial charge < -0.3 is 15.7 Å². The van der Waals surface area contributed by atoms with Crippen LogP contribution in [-0.4, -0.2) is 40.0 Å². The zero-order valence-electron chi connectivity index (χ0n) is 12.3. The topological polar surface area (TPSA) is 79.2 Å². The minimum Gasteiger partial charge on any atom is -0.394 e. The van der Waals surface area contributed by atoms with Crippen LogP contribution in [-0.2, 0) is 17.8 Å². The zero-order valence-corrected chi connectivity index (χ0v) is 12.3. The Labute approximate surface area is 124 Å². The maximum absolute atomic E-state index is 12.0. The molecule has 0 aromatic carbocycles. The number of aliphatic hydroxyl groups excluding tert-OH is 1. The van der Waals surface area contributed by atoms with Crippen LogP contribution in [0.4, 0.5) is 0 Å². The van der Waals surface area contributed by atoms with Crippen LogP contribution in [0.25, 0.3) is 0 Å². The summed E-state index contributed by atoms with van der Waals surface area (Å²) in [6.07, 6.45) is 7.87. The number of hydrogen-bond donors (Lipinski definition) is 3. The van der Waals surface area contributed by atoms with E-state index in [0.717, 1.165) is 37.1 Å². The number of aromatic nitrogens is 2. The van der Waals surface area contributed by atoms with Crippen LogP contribution in [0.3, 0.4) is 0 Å². The number of nitrogens with one attached hydrogen (secondary N) is 2. The highest BCUT2D eigenvalue weighted by molar-refractivity contribution is 5.76. The van der Waals surface area contributed by atoms with Crippen LogP contribution in [0.5, 0.6) is 0 Å². The molecule has 1 unspecified atom stereocenters. The lowest BCUT2D eigenvalue weighted by molar-refractivity contribution is -0.121. The van der Waals surface area contributed by atoms with Crippen molar-refractivity contribution < 1.29 is 9.90 Å². The molecule has 2 aliphatic carbocycles. The van der Waals surface area contributed by atoms with Crippen LogP contribution in [0, 0.1) is 0 Å². The predicted octanol–water partition coefficient (Wildman–Crippen LogP) is 0.511. The molecule has 1 aromatic heterocycles. The largest absolute Gasteiger partial charge is 0.394 e. The van der Waals surface area contributed by atoms with Gasteiger partial charge in [0.15, 0.2) is 0 Å². The van der Waals surface area contributed by atoms with Gasteiger partial charge in [-0.05, 0) is 32.1 Å². The minimum absolute atomic E-state index is 0.0783. The Morgan fingerprint density at radius 3 is 3.05 bits per heavy atom. The van der Waals surface area contributed by atoms with E-state index in [9.17, 15) is 4.79 Å². The van der Waals surface area contributed by atoms with Crippen molar-refractivity contribution in [1.82, 2.24) is 20.4 Å².